The van der Waals surface area contributed by atoms with Gasteiger partial charge in [-0.1, -0.05) is 48.5 Å². The fourth-order valence-corrected chi connectivity index (χ4v) is 3.90. The summed E-state index contributed by atoms with van der Waals surface area (Å²) in [5.41, 5.74) is 9.49. The smallest absolute Gasteiger partial charge is 0.226 e. The van der Waals surface area contributed by atoms with Crippen molar-refractivity contribution in [2.75, 3.05) is 19.6 Å². The lowest BCUT2D eigenvalue weighted by molar-refractivity contribution is 0.311. The third-order valence-corrected chi connectivity index (χ3v) is 5.33. The lowest BCUT2D eigenvalue weighted by Gasteiger charge is -2.16. The summed E-state index contributed by atoms with van der Waals surface area (Å²) in [6.45, 7) is 5.53. The molecule has 1 aliphatic heterocycles. The van der Waals surface area contributed by atoms with Gasteiger partial charge in [0.25, 0.3) is 0 Å². The van der Waals surface area contributed by atoms with Gasteiger partial charge in [0.05, 0.1) is 5.69 Å². The number of rotatable bonds is 5. The highest BCUT2D eigenvalue weighted by molar-refractivity contribution is 5.85. The molecule has 2 atom stereocenters. The summed E-state index contributed by atoms with van der Waals surface area (Å²) in [5.74, 6) is 2.57. The van der Waals surface area contributed by atoms with Crippen LogP contribution in [0.2, 0.25) is 0 Å². The number of hydrogen-bond acceptors (Lipinski definition) is 4. The molecule has 1 fully saturated rings. The minimum absolute atomic E-state index is 0. The van der Waals surface area contributed by atoms with Crippen LogP contribution in [0.4, 0.5) is 0 Å². The SMILES string of the molecule is Cc1oc(-c2ccccc2)nc1CN1C[C@@H](CN)[C@H](c2ccccc2)C1.Cl. The van der Waals surface area contributed by atoms with E-state index in [0.717, 1.165) is 36.7 Å². The van der Waals surface area contributed by atoms with E-state index in [-0.39, 0.29) is 12.4 Å². The Balaban J connectivity index is 0.00000210. The lowest BCUT2D eigenvalue weighted by atomic mass is 9.89. The highest BCUT2D eigenvalue weighted by Crippen LogP contribution is 2.33. The van der Waals surface area contributed by atoms with Crippen molar-refractivity contribution in [2.24, 2.45) is 11.7 Å². The van der Waals surface area contributed by atoms with Gasteiger partial charge in [-0.25, -0.2) is 4.98 Å². The number of likely N-dealkylation sites (tertiary alicyclic amines) is 1. The Hall–Kier alpha value is -2.14. The van der Waals surface area contributed by atoms with Gasteiger partial charge in [0.15, 0.2) is 0 Å². The first-order valence-electron chi connectivity index (χ1n) is 9.23. The van der Waals surface area contributed by atoms with Crippen LogP contribution in [0, 0.1) is 12.8 Å². The zero-order valence-corrected chi connectivity index (χ0v) is 16.4. The molecule has 2 N–H and O–H groups in total. The molecule has 0 amide bonds. The van der Waals surface area contributed by atoms with Crippen LogP contribution in [0.15, 0.2) is 65.1 Å². The van der Waals surface area contributed by atoms with Crippen LogP contribution in [0.25, 0.3) is 11.5 Å². The molecule has 27 heavy (non-hydrogen) atoms. The summed E-state index contributed by atoms with van der Waals surface area (Å²) in [4.78, 5) is 7.21. The molecule has 0 aliphatic carbocycles. The molecule has 4 rings (SSSR count). The molecule has 2 heterocycles. The molecule has 3 aromatic rings. The maximum atomic E-state index is 6.07. The van der Waals surface area contributed by atoms with E-state index in [1.807, 2.05) is 37.3 Å². The van der Waals surface area contributed by atoms with E-state index in [2.05, 4.69) is 35.2 Å². The Labute approximate surface area is 166 Å². The monoisotopic (exact) mass is 383 g/mol. The van der Waals surface area contributed by atoms with E-state index < -0.39 is 0 Å². The Morgan fingerprint density at radius 1 is 1.04 bits per heavy atom. The van der Waals surface area contributed by atoms with Crippen LogP contribution in [0.1, 0.15) is 22.9 Å². The Bertz CT molecular complexity index is 851. The number of halogens is 1. The van der Waals surface area contributed by atoms with Crippen LogP contribution in [0.5, 0.6) is 0 Å². The van der Waals surface area contributed by atoms with Crippen LogP contribution < -0.4 is 5.73 Å². The Morgan fingerprint density at radius 2 is 1.70 bits per heavy atom. The topological polar surface area (TPSA) is 55.3 Å². The lowest BCUT2D eigenvalue weighted by Crippen LogP contribution is -2.23. The highest BCUT2D eigenvalue weighted by atomic mass is 35.5. The summed E-state index contributed by atoms with van der Waals surface area (Å²) >= 11 is 0. The molecule has 1 aromatic heterocycles. The molecule has 4 nitrogen and oxygen atoms in total. The predicted molar refractivity (Wildman–Crippen MR) is 111 cm³/mol. The summed E-state index contributed by atoms with van der Waals surface area (Å²) in [7, 11) is 0. The van der Waals surface area contributed by atoms with Crippen LogP contribution in [-0.4, -0.2) is 29.5 Å². The standard InChI is InChI=1S/C22H25N3O.ClH/c1-16-21(24-22(26-16)18-10-6-3-7-11-18)15-25-13-19(12-23)20(14-25)17-8-4-2-5-9-17;/h2-11,19-20H,12-15,23H2,1H3;1H/t19-,20+;/m1./s1. The van der Waals surface area contributed by atoms with Crippen molar-refractivity contribution < 1.29 is 4.42 Å². The fraction of sp³-hybridized carbons (Fsp3) is 0.318. The van der Waals surface area contributed by atoms with Crippen LogP contribution in [0.3, 0.4) is 0 Å². The average molecular weight is 384 g/mol. The van der Waals surface area contributed by atoms with Crippen molar-refractivity contribution >= 4 is 12.4 Å². The minimum Gasteiger partial charge on any atom is -0.441 e. The van der Waals surface area contributed by atoms with Crippen LogP contribution >= 0.6 is 12.4 Å². The normalized spacial score (nSPS) is 19.8. The maximum absolute atomic E-state index is 6.07. The number of hydrogen-bond donors (Lipinski definition) is 1. The largest absolute Gasteiger partial charge is 0.441 e. The summed E-state index contributed by atoms with van der Waals surface area (Å²) < 4.78 is 5.91. The molecule has 0 spiro atoms. The van der Waals surface area contributed by atoms with Crippen molar-refractivity contribution in [3.05, 3.63) is 77.7 Å². The first-order chi connectivity index (χ1) is 12.7. The molecular formula is C22H26ClN3O. The second-order valence-electron chi connectivity index (χ2n) is 7.09. The number of nitrogens with two attached hydrogens (primary N) is 1. The van der Waals surface area contributed by atoms with Gasteiger partial charge < -0.3 is 10.2 Å². The third kappa shape index (κ3) is 4.24. The molecule has 1 aliphatic rings. The summed E-state index contributed by atoms with van der Waals surface area (Å²) in [6.07, 6.45) is 0. The van der Waals surface area contributed by atoms with Gasteiger partial charge in [-0.3, -0.25) is 4.90 Å². The first-order valence-corrected chi connectivity index (χ1v) is 9.23. The van der Waals surface area contributed by atoms with E-state index >= 15 is 0 Å². The van der Waals surface area contributed by atoms with Crippen molar-refractivity contribution in [2.45, 2.75) is 19.4 Å². The number of nitrogens with zero attached hydrogens (tertiary/aromatic N) is 2. The van der Waals surface area contributed by atoms with Gasteiger partial charge in [0.2, 0.25) is 5.89 Å². The zero-order valence-electron chi connectivity index (χ0n) is 15.5. The van der Waals surface area contributed by atoms with E-state index in [9.17, 15) is 0 Å². The fourth-order valence-electron chi connectivity index (χ4n) is 3.90. The molecule has 0 saturated carbocycles. The average Bonchev–Trinajstić information content (AvgIpc) is 3.27. The van der Waals surface area contributed by atoms with E-state index in [0.29, 0.717) is 24.3 Å². The second-order valence-corrected chi connectivity index (χ2v) is 7.09. The number of aryl methyl sites for hydroxylation is 1. The third-order valence-electron chi connectivity index (χ3n) is 5.33. The zero-order chi connectivity index (χ0) is 17.9. The molecule has 2 aromatic carbocycles. The van der Waals surface area contributed by atoms with Gasteiger partial charge >= 0.3 is 0 Å². The molecule has 0 unspecified atom stereocenters. The maximum Gasteiger partial charge on any atom is 0.226 e. The highest BCUT2D eigenvalue weighted by Gasteiger charge is 2.33. The van der Waals surface area contributed by atoms with Gasteiger partial charge in [-0.05, 0) is 37.1 Å². The molecular weight excluding hydrogens is 358 g/mol. The number of benzene rings is 2. The minimum atomic E-state index is 0. The summed E-state index contributed by atoms with van der Waals surface area (Å²) in [5, 5.41) is 0. The van der Waals surface area contributed by atoms with E-state index in [1.165, 1.54) is 5.56 Å². The summed E-state index contributed by atoms with van der Waals surface area (Å²) in [6, 6.07) is 20.8. The van der Waals surface area contributed by atoms with E-state index in [4.69, 9.17) is 15.1 Å². The first kappa shape index (κ1) is 19.6. The van der Waals surface area contributed by atoms with Gasteiger partial charge in [-0.15, -0.1) is 12.4 Å². The quantitative estimate of drug-likeness (QED) is 0.715. The van der Waals surface area contributed by atoms with Crippen molar-refractivity contribution in [3.8, 4) is 11.5 Å². The second kappa shape index (κ2) is 8.70. The molecule has 142 valence electrons. The molecule has 0 radical (unpaired) electrons. The van der Waals surface area contributed by atoms with Gasteiger partial charge in [0, 0.05) is 31.1 Å². The predicted octanol–water partition coefficient (Wildman–Crippen LogP) is 4.25. The van der Waals surface area contributed by atoms with Crippen molar-refractivity contribution in [1.82, 2.24) is 9.88 Å². The van der Waals surface area contributed by atoms with E-state index in [1.54, 1.807) is 0 Å². The number of aromatic nitrogens is 1. The number of oxazole rings is 1. The molecule has 1 saturated heterocycles. The van der Waals surface area contributed by atoms with Gasteiger partial charge in [-0.2, -0.15) is 0 Å². The Morgan fingerprint density at radius 3 is 2.37 bits per heavy atom. The van der Waals surface area contributed by atoms with Gasteiger partial charge in [0.1, 0.15) is 5.76 Å². The Kier molecular flexibility index (Phi) is 6.32. The van der Waals surface area contributed by atoms with Crippen LogP contribution in [-0.2, 0) is 6.54 Å². The van der Waals surface area contributed by atoms with Crippen molar-refractivity contribution in [1.29, 1.82) is 0 Å². The van der Waals surface area contributed by atoms with Crippen molar-refractivity contribution in [3.63, 3.8) is 0 Å². The molecule has 5 heteroatoms. The molecule has 0 bridgehead atoms.